The zero-order chi connectivity index (χ0) is 29.1. The molecule has 1 fully saturated rings. The molecule has 1 unspecified atom stereocenters. The van der Waals surface area contributed by atoms with Crippen molar-refractivity contribution in [3.8, 4) is 0 Å². The Kier molecular flexibility index (Phi) is 8.79. The van der Waals surface area contributed by atoms with Crippen LogP contribution in [0.1, 0.15) is 78.5 Å². The van der Waals surface area contributed by atoms with Gasteiger partial charge >= 0.3 is 11.9 Å². The molecule has 1 aliphatic heterocycles. The van der Waals surface area contributed by atoms with Crippen molar-refractivity contribution < 1.29 is 32.3 Å². The number of carbonyl (C=O) groups excluding carboxylic acids is 2. The summed E-state index contributed by atoms with van der Waals surface area (Å²) in [5.74, 6) is -2.77. The highest BCUT2D eigenvalue weighted by atomic mass is 35.5. The summed E-state index contributed by atoms with van der Waals surface area (Å²) in [7, 11) is 0. The van der Waals surface area contributed by atoms with E-state index in [1.54, 1.807) is 25.4 Å². The molecule has 1 aliphatic carbocycles. The van der Waals surface area contributed by atoms with Crippen LogP contribution in [-0.4, -0.2) is 41.0 Å². The molecule has 41 heavy (non-hydrogen) atoms. The first-order chi connectivity index (χ1) is 19.8. The minimum absolute atomic E-state index is 0.0341. The van der Waals surface area contributed by atoms with Gasteiger partial charge in [-0.3, -0.25) is 4.99 Å². The molecule has 1 N–H and O–H groups in total. The molecule has 1 atom stereocenters. The summed E-state index contributed by atoms with van der Waals surface area (Å²) in [6.07, 6.45) is 5.59. The van der Waals surface area contributed by atoms with Gasteiger partial charge in [0.2, 0.25) is 5.76 Å². The standard InChI is InChI=1S/C28H27ClF2N4O5S/c1-3-38-27(36)18-13-33-25(40-18)15-7-5-14(6-8-15)22-19(28(37)39-4-2)23(16-9-10-17(30)21(31)20(16)29)35-24(34-22)26-32-11-12-41-26/h9-15,23H,3-8H2,1-2H3,(H,34,35)/t14-,15+,23?. The lowest BCUT2D eigenvalue weighted by atomic mass is 9.78. The van der Waals surface area contributed by atoms with E-state index in [1.165, 1.54) is 23.6 Å². The maximum absolute atomic E-state index is 14.6. The highest BCUT2D eigenvalue weighted by Gasteiger charge is 2.39. The van der Waals surface area contributed by atoms with Crippen LogP contribution in [-0.2, 0) is 14.3 Å². The molecule has 3 heterocycles. The SMILES string of the molecule is CCOC(=O)C1=C([C@H]2CC[C@@H](c3ncc(C(=O)OCC)o3)CC2)NC(c2nccs2)=NC1c1ccc(F)c(F)c1Cl. The molecular weight excluding hydrogens is 578 g/mol. The zero-order valence-corrected chi connectivity index (χ0v) is 23.9. The van der Waals surface area contributed by atoms with Crippen LogP contribution < -0.4 is 5.32 Å². The summed E-state index contributed by atoms with van der Waals surface area (Å²) in [6.45, 7) is 3.74. The zero-order valence-electron chi connectivity index (χ0n) is 22.3. The molecule has 2 aromatic heterocycles. The van der Waals surface area contributed by atoms with Crippen molar-refractivity contribution in [2.24, 2.45) is 10.9 Å². The summed E-state index contributed by atoms with van der Waals surface area (Å²) in [5, 5.41) is 5.21. The maximum Gasteiger partial charge on any atom is 0.375 e. The van der Waals surface area contributed by atoms with Gasteiger partial charge in [-0.1, -0.05) is 17.7 Å². The Balaban J connectivity index is 1.50. The first-order valence-corrected chi connectivity index (χ1v) is 14.5. The van der Waals surface area contributed by atoms with Gasteiger partial charge in [-0.05, 0) is 51.5 Å². The molecule has 13 heteroatoms. The number of benzene rings is 1. The number of thiazole rings is 1. The van der Waals surface area contributed by atoms with Crippen LogP contribution in [0.15, 0.2) is 50.6 Å². The Morgan fingerprint density at radius 3 is 2.46 bits per heavy atom. The van der Waals surface area contributed by atoms with Gasteiger partial charge in [-0.2, -0.15) is 0 Å². The summed E-state index contributed by atoms with van der Waals surface area (Å²) >= 11 is 7.62. The molecule has 1 saturated carbocycles. The second kappa shape index (κ2) is 12.5. The fraction of sp³-hybridized carbons (Fsp3) is 0.393. The van der Waals surface area contributed by atoms with E-state index in [0.717, 1.165) is 6.07 Å². The van der Waals surface area contributed by atoms with Gasteiger partial charge in [0.05, 0.1) is 30.0 Å². The van der Waals surface area contributed by atoms with Crippen LogP contribution in [0.2, 0.25) is 5.02 Å². The number of rotatable bonds is 8. The van der Waals surface area contributed by atoms with Crippen molar-refractivity contribution in [1.82, 2.24) is 15.3 Å². The Hall–Kier alpha value is -3.64. The molecule has 1 aromatic carbocycles. The van der Waals surface area contributed by atoms with Gasteiger partial charge in [0.1, 0.15) is 6.04 Å². The number of carbonyl (C=O) groups is 2. The number of aliphatic imine (C=N–C) groups is 1. The minimum atomic E-state index is -1.22. The lowest BCUT2D eigenvalue weighted by Crippen LogP contribution is -2.38. The molecule has 0 saturated heterocycles. The summed E-state index contributed by atoms with van der Waals surface area (Å²) in [4.78, 5) is 38.8. The van der Waals surface area contributed by atoms with Gasteiger partial charge in [0.15, 0.2) is 28.4 Å². The van der Waals surface area contributed by atoms with E-state index in [1.807, 2.05) is 0 Å². The van der Waals surface area contributed by atoms with Crippen LogP contribution in [0.4, 0.5) is 8.78 Å². The van der Waals surface area contributed by atoms with Crippen LogP contribution in [0.3, 0.4) is 0 Å². The average molecular weight is 605 g/mol. The first-order valence-electron chi connectivity index (χ1n) is 13.2. The lowest BCUT2D eigenvalue weighted by Gasteiger charge is -2.34. The van der Waals surface area contributed by atoms with E-state index in [0.29, 0.717) is 48.1 Å². The maximum atomic E-state index is 14.6. The van der Waals surface area contributed by atoms with Crippen molar-refractivity contribution in [2.75, 3.05) is 13.2 Å². The van der Waals surface area contributed by atoms with Crippen molar-refractivity contribution in [3.05, 3.63) is 80.1 Å². The molecule has 0 spiro atoms. The molecule has 0 bridgehead atoms. The van der Waals surface area contributed by atoms with E-state index in [-0.39, 0.29) is 41.9 Å². The second-order valence-corrected chi connectivity index (χ2v) is 10.8. The number of amidine groups is 1. The minimum Gasteiger partial charge on any atom is -0.463 e. The van der Waals surface area contributed by atoms with E-state index in [2.05, 4.69) is 15.3 Å². The van der Waals surface area contributed by atoms with Crippen molar-refractivity contribution >= 4 is 40.7 Å². The quantitative estimate of drug-likeness (QED) is 0.241. The van der Waals surface area contributed by atoms with Gasteiger partial charge in [0.25, 0.3) is 0 Å². The van der Waals surface area contributed by atoms with E-state index < -0.39 is 34.6 Å². The summed E-state index contributed by atoms with van der Waals surface area (Å²) in [6, 6.07) is 1.24. The summed E-state index contributed by atoms with van der Waals surface area (Å²) in [5.41, 5.74) is 0.901. The van der Waals surface area contributed by atoms with E-state index in [9.17, 15) is 18.4 Å². The molecule has 3 aromatic rings. The van der Waals surface area contributed by atoms with Crippen LogP contribution in [0, 0.1) is 17.6 Å². The normalized spacial score (nSPS) is 20.8. The topological polar surface area (TPSA) is 116 Å². The predicted octanol–water partition coefficient (Wildman–Crippen LogP) is 6.12. The number of hydrogen-bond donors (Lipinski definition) is 1. The van der Waals surface area contributed by atoms with Gasteiger partial charge in [-0.25, -0.2) is 28.3 Å². The first kappa shape index (κ1) is 28.9. The molecule has 0 radical (unpaired) electrons. The highest BCUT2D eigenvalue weighted by molar-refractivity contribution is 7.11. The Bertz CT molecular complexity index is 1500. The fourth-order valence-electron chi connectivity index (χ4n) is 5.15. The molecule has 5 rings (SSSR count). The third-order valence-electron chi connectivity index (χ3n) is 7.05. The smallest absolute Gasteiger partial charge is 0.375 e. The van der Waals surface area contributed by atoms with Gasteiger partial charge in [0, 0.05) is 28.8 Å². The Labute approximate surface area is 243 Å². The number of esters is 2. The molecule has 0 amide bonds. The number of ether oxygens (including phenoxy) is 2. The van der Waals surface area contributed by atoms with Gasteiger partial charge in [-0.15, -0.1) is 11.3 Å². The van der Waals surface area contributed by atoms with E-state index >= 15 is 0 Å². The van der Waals surface area contributed by atoms with Crippen LogP contribution >= 0.6 is 22.9 Å². The van der Waals surface area contributed by atoms with Crippen molar-refractivity contribution in [1.29, 1.82) is 0 Å². The third kappa shape index (κ3) is 5.89. The molecule has 216 valence electrons. The summed E-state index contributed by atoms with van der Waals surface area (Å²) < 4.78 is 44.6. The number of oxazole rings is 1. The fourth-order valence-corrected chi connectivity index (χ4v) is 5.99. The lowest BCUT2D eigenvalue weighted by molar-refractivity contribution is -0.139. The third-order valence-corrected chi connectivity index (χ3v) is 8.21. The average Bonchev–Trinajstić information content (AvgIpc) is 3.69. The molecular formula is C28H27ClF2N4O5S. The van der Waals surface area contributed by atoms with Crippen molar-refractivity contribution in [3.63, 3.8) is 0 Å². The number of allylic oxidation sites excluding steroid dienone is 1. The Morgan fingerprint density at radius 1 is 1.07 bits per heavy atom. The van der Waals surface area contributed by atoms with Crippen LogP contribution in [0.5, 0.6) is 0 Å². The number of aromatic nitrogens is 2. The predicted molar refractivity (Wildman–Crippen MR) is 147 cm³/mol. The monoisotopic (exact) mass is 604 g/mol. The highest BCUT2D eigenvalue weighted by Crippen LogP contribution is 2.44. The van der Waals surface area contributed by atoms with Gasteiger partial charge < -0.3 is 19.2 Å². The van der Waals surface area contributed by atoms with Crippen molar-refractivity contribution in [2.45, 2.75) is 51.5 Å². The number of hydrogen-bond acceptors (Lipinski definition) is 10. The van der Waals surface area contributed by atoms with Crippen LogP contribution in [0.25, 0.3) is 0 Å². The Morgan fingerprint density at radius 2 is 1.78 bits per heavy atom. The number of nitrogens with one attached hydrogen (secondary N) is 1. The molecule has 2 aliphatic rings. The second-order valence-electron chi connectivity index (χ2n) is 9.49. The largest absolute Gasteiger partial charge is 0.463 e. The number of nitrogens with zero attached hydrogens (tertiary/aromatic N) is 3. The molecule has 9 nitrogen and oxygen atoms in total. The number of halogens is 3. The van der Waals surface area contributed by atoms with E-state index in [4.69, 9.17) is 30.5 Å².